The van der Waals surface area contributed by atoms with Crippen LogP contribution in [-0.4, -0.2) is 34.0 Å². The molecule has 132 valence electrons. The van der Waals surface area contributed by atoms with E-state index in [1.807, 2.05) is 0 Å². The number of hydrogen-bond donors (Lipinski definition) is 1. The lowest BCUT2D eigenvalue weighted by molar-refractivity contribution is -0.181. The Morgan fingerprint density at radius 3 is 2.48 bits per heavy atom. The summed E-state index contributed by atoms with van der Waals surface area (Å²) in [5.41, 5.74) is 0.102. The summed E-state index contributed by atoms with van der Waals surface area (Å²) in [6.45, 7) is 0. The van der Waals surface area contributed by atoms with E-state index in [9.17, 15) is 19.1 Å². The molecule has 3 saturated carbocycles. The second kappa shape index (κ2) is 5.05. The van der Waals surface area contributed by atoms with Crippen molar-refractivity contribution in [3.63, 3.8) is 0 Å². The van der Waals surface area contributed by atoms with E-state index in [2.05, 4.69) is 4.90 Å². The van der Waals surface area contributed by atoms with Crippen molar-refractivity contribution in [2.24, 2.45) is 11.3 Å². The van der Waals surface area contributed by atoms with Crippen LogP contribution in [-0.2, 0) is 4.79 Å². The number of halogens is 1. The maximum atomic E-state index is 14.8. The largest absolute Gasteiger partial charge is 0.478 e. The van der Waals surface area contributed by atoms with Crippen LogP contribution in [0.15, 0.2) is 18.2 Å². The first-order chi connectivity index (χ1) is 12.0. The second-order valence-electron chi connectivity index (χ2n) is 8.47. The van der Waals surface area contributed by atoms with Crippen LogP contribution in [0.2, 0.25) is 0 Å². The third-order valence-electron chi connectivity index (χ3n) is 7.21. The quantitative estimate of drug-likeness (QED) is 0.913. The van der Waals surface area contributed by atoms with E-state index in [0.717, 1.165) is 50.9 Å². The van der Waals surface area contributed by atoms with Crippen molar-refractivity contribution in [2.75, 3.05) is 0 Å². The zero-order valence-electron chi connectivity index (χ0n) is 14.1. The molecular weight excluding hydrogens is 321 g/mol. The molecule has 0 spiro atoms. The topological polar surface area (TPSA) is 57.6 Å². The van der Waals surface area contributed by atoms with Gasteiger partial charge in [-0.25, -0.2) is 9.18 Å². The first kappa shape index (κ1) is 15.4. The molecule has 0 aromatic heterocycles. The third-order valence-corrected chi connectivity index (χ3v) is 7.21. The van der Waals surface area contributed by atoms with Crippen molar-refractivity contribution in [1.82, 2.24) is 4.90 Å². The van der Waals surface area contributed by atoms with Gasteiger partial charge in [0.15, 0.2) is 0 Å². The molecule has 4 bridgehead atoms. The van der Waals surface area contributed by atoms with E-state index < -0.39 is 11.8 Å². The van der Waals surface area contributed by atoms with Crippen molar-refractivity contribution < 1.29 is 19.1 Å². The number of fused-ring (bicyclic) bond motifs is 2. The van der Waals surface area contributed by atoms with E-state index in [1.165, 1.54) is 6.07 Å². The number of carboxylic acid groups (broad SMARTS) is 1. The summed E-state index contributed by atoms with van der Waals surface area (Å²) in [4.78, 5) is 26.5. The van der Waals surface area contributed by atoms with Crippen molar-refractivity contribution in [3.8, 4) is 0 Å². The number of carbonyl (C=O) groups excluding carboxylic acids is 1. The molecule has 2 saturated heterocycles. The minimum atomic E-state index is -1.23. The van der Waals surface area contributed by atoms with E-state index in [4.69, 9.17) is 0 Å². The summed E-state index contributed by atoms with van der Waals surface area (Å²) >= 11 is 0. The normalized spacial score (nSPS) is 38.0. The molecule has 2 heterocycles. The molecular formula is C20H22FNO3. The maximum Gasteiger partial charge on any atom is 0.338 e. The Bertz CT molecular complexity index is 759. The molecule has 5 heteroatoms. The first-order valence-corrected chi connectivity index (χ1v) is 9.35. The van der Waals surface area contributed by atoms with Crippen LogP contribution in [0.3, 0.4) is 0 Å². The Balaban J connectivity index is 1.48. The molecule has 25 heavy (non-hydrogen) atoms. The zero-order valence-corrected chi connectivity index (χ0v) is 14.1. The van der Waals surface area contributed by atoms with Crippen molar-refractivity contribution in [2.45, 2.75) is 62.9 Å². The molecule has 4 nitrogen and oxygen atoms in total. The SMILES string of the molecule is O=C(O)c1cccc(C2CC[C@@H]3CCC2N3C(=O)C23CC(C2)C3)c1F. The number of hydrogen-bond acceptors (Lipinski definition) is 2. The van der Waals surface area contributed by atoms with Gasteiger partial charge in [0.05, 0.1) is 11.0 Å². The minimum Gasteiger partial charge on any atom is -0.478 e. The van der Waals surface area contributed by atoms with Crippen LogP contribution >= 0.6 is 0 Å². The number of carboxylic acids is 1. The average Bonchev–Trinajstić information content (AvgIpc) is 2.79. The Morgan fingerprint density at radius 1 is 1.12 bits per heavy atom. The van der Waals surface area contributed by atoms with Crippen LogP contribution in [0.1, 0.15) is 66.8 Å². The van der Waals surface area contributed by atoms with Crippen LogP contribution in [0.5, 0.6) is 0 Å². The van der Waals surface area contributed by atoms with Crippen molar-refractivity contribution >= 4 is 11.9 Å². The van der Waals surface area contributed by atoms with Gasteiger partial charge in [-0.2, -0.15) is 0 Å². The lowest BCUT2D eigenvalue weighted by Gasteiger charge is -2.62. The average molecular weight is 343 g/mol. The van der Waals surface area contributed by atoms with E-state index >= 15 is 0 Å². The van der Waals surface area contributed by atoms with Gasteiger partial charge in [0, 0.05) is 18.0 Å². The van der Waals surface area contributed by atoms with Gasteiger partial charge in [0.25, 0.3) is 0 Å². The fourth-order valence-electron chi connectivity index (χ4n) is 5.85. The molecule has 3 atom stereocenters. The molecule has 3 aliphatic carbocycles. The Kier molecular flexibility index (Phi) is 3.10. The summed E-state index contributed by atoms with van der Waals surface area (Å²) in [7, 11) is 0. The number of amides is 1. The van der Waals surface area contributed by atoms with E-state index in [-0.39, 0.29) is 22.9 Å². The van der Waals surface area contributed by atoms with E-state index in [0.29, 0.717) is 17.5 Å². The molecule has 0 radical (unpaired) electrons. The highest BCUT2D eigenvalue weighted by molar-refractivity contribution is 5.88. The van der Waals surface area contributed by atoms with Crippen molar-refractivity contribution in [1.29, 1.82) is 0 Å². The predicted molar refractivity (Wildman–Crippen MR) is 88.8 cm³/mol. The van der Waals surface area contributed by atoms with Gasteiger partial charge < -0.3 is 10.0 Å². The van der Waals surface area contributed by atoms with Gasteiger partial charge in [-0.1, -0.05) is 12.1 Å². The summed E-state index contributed by atoms with van der Waals surface area (Å²) < 4.78 is 14.8. The molecule has 1 aromatic rings. The van der Waals surface area contributed by atoms with Gasteiger partial charge in [-0.3, -0.25) is 4.79 Å². The number of rotatable bonds is 3. The van der Waals surface area contributed by atoms with Gasteiger partial charge in [-0.05, 0) is 62.5 Å². The molecule has 5 aliphatic rings. The number of benzene rings is 1. The summed E-state index contributed by atoms with van der Waals surface area (Å²) in [6.07, 6.45) is 6.72. The summed E-state index contributed by atoms with van der Waals surface area (Å²) in [6, 6.07) is 4.96. The Labute approximate surface area is 146 Å². The molecule has 2 unspecified atom stereocenters. The van der Waals surface area contributed by atoms with Crippen LogP contribution in [0, 0.1) is 17.2 Å². The predicted octanol–water partition coefficient (Wildman–Crippen LogP) is 3.56. The Hall–Kier alpha value is -1.91. The highest BCUT2D eigenvalue weighted by atomic mass is 19.1. The number of piperidine rings is 1. The highest BCUT2D eigenvalue weighted by Crippen LogP contribution is 2.66. The van der Waals surface area contributed by atoms with Crippen LogP contribution < -0.4 is 0 Å². The van der Waals surface area contributed by atoms with Gasteiger partial charge >= 0.3 is 5.97 Å². The van der Waals surface area contributed by atoms with Crippen molar-refractivity contribution in [3.05, 3.63) is 35.1 Å². The minimum absolute atomic E-state index is 0.0267. The number of carbonyl (C=O) groups is 2. The third kappa shape index (κ3) is 1.98. The van der Waals surface area contributed by atoms with Crippen LogP contribution in [0.4, 0.5) is 4.39 Å². The monoisotopic (exact) mass is 343 g/mol. The summed E-state index contributed by atoms with van der Waals surface area (Å²) in [5, 5.41) is 9.21. The summed E-state index contributed by atoms with van der Waals surface area (Å²) in [5.74, 6) is -0.896. The molecule has 1 N–H and O–H groups in total. The maximum absolute atomic E-state index is 14.8. The zero-order chi connectivity index (χ0) is 17.3. The molecule has 5 fully saturated rings. The highest BCUT2D eigenvalue weighted by Gasteiger charge is 2.64. The number of nitrogens with zero attached hydrogens (tertiary/aromatic N) is 1. The second-order valence-corrected chi connectivity index (χ2v) is 8.47. The Morgan fingerprint density at radius 2 is 1.84 bits per heavy atom. The van der Waals surface area contributed by atoms with E-state index in [1.54, 1.807) is 12.1 Å². The van der Waals surface area contributed by atoms with Gasteiger partial charge in [0.1, 0.15) is 5.82 Å². The lowest BCUT2D eigenvalue weighted by Crippen LogP contribution is -2.64. The lowest BCUT2D eigenvalue weighted by atomic mass is 9.44. The molecule has 6 rings (SSSR count). The van der Waals surface area contributed by atoms with Crippen LogP contribution in [0.25, 0.3) is 0 Å². The number of aromatic carboxylic acids is 1. The van der Waals surface area contributed by atoms with Gasteiger partial charge in [0.2, 0.25) is 5.91 Å². The standard InChI is InChI=1S/C20H22FNO3/c21-17-14(2-1-3-15(17)18(23)24)13-6-4-12-5-7-16(13)22(12)19(25)20-8-11(9-20)10-20/h1-3,11-13,16H,4-10H2,(H,23,24)/t11?,12-,13?,16?,20?/m1/s1. The molecule has 1 amide bonds. The fourth-order valence-corrected chi connectivity index (χ4v) is 5.85. The molecule has 2 aliphatic heterocycles. The smallest absolute Gasteiger partial charge is 0.338 e. The molecule has 1 aromatic carbocycles. The first-order valence-electron chi connectivity index (χ1n) is 9.35. The fraction of sp³-hybridized carbons (Fsp3) is 0.600. The van der Waals surface area contributed by atoms with Gasteiger partial charge in [-0.15, -0.1) is 0 Å².